The van der Waals surface area contributed by atoms with Gasteiger partial charge in [0.2, 0.25) is 0 Å². The highest BCUT2D eigenvalue weighted by Crippen LogP contribution is 2.43. The second kappa shape index (κ2) is 41.5. The maximum absolute atomic E-state index is 12.6. The average Bonchev–Trinajstić information content (AvgIpc) is 3.23. The maximum atomic E-state index is 12.6. The van der Waals surface area contributed by atoms with Crippen molar-refractivity contribution >= 4 is 25.7 Å². The van der Waals surface area contributed by atoms with Crippen LogP contribution in [0.4, 0.5) is 0 Å². The largest absolute Gasteiger partial charge is 0.480 e. The van der Waals surface area contributed by atoms with Crippen LogP contribution in [0.3, 0.4) is 0 Å². The molecule has 0 aromatic rings. The second-order valence-electron chi connectivity index (χ2n) is 14.3. The van der Waals surface area contributed by atoms with Crippen LogP contribution in [0.1, 0.15) is 136 Å². The number of carbonyl (C=O) groups excluding carboxylic acids is 2. The van der Waals surface area contributed by atoms with E-state index in [-0.39, 0.29) is 18.9 Å². The smallest absolute Gasteiger partial charge is 0.472 e. The summed E-state index contributed by atoms with van der Waals surface area (Å²) in [5.74, 6) is -2.60. The highest BCUT2D eigenvalue weighted by molar-refractivity contribution is 7.47. The van der Waals surface area contributed by atoms with E-state index >= 15 is 0 Å². The van der Waals surface area contributed by atoms with Gasteiger partial charge in [0.1, 0.15) is 12.6 Å². The molecule has 5 N–H and O–H groups in total. The van der Waals surface area contributed by atoms with E-state index in [0.717, 1.165) is 64.2 Å². The van der Waals surface area contributed by atoms with Crippen molar-refractivity contribution in [2.45, 2.75) is 154 Å². The summed E-state index contributed by atoms with van der Waals surface area (Å²) in [7, 11) is -4.77. The fourth-order valence-corrected chi connectivity index (χ4v) is 5.83. The van der Waals surface area contributed by atoms with Crippen LogP contribution in [0, 0.1) is 0 Å². The van der Waals surface area contributed by atoms with E-state index in [1.54, 1.807) is 0 Å². The molecule has 13 heteroatoms. The molecule has 0 saturated heterocycles. The van der Waals surface area contributed by atoms with Gasteiger partial charge < -0.3 is 30.3 Å². The molecule has 0 spiro atoms. The van der Waals surface area contributed by atoms with Gasteiger partial charge in [-0.1, -0.05) is 149 Å². The van der Waals surface area contributed by atoms with Gasteiger partial charge in [-0.3, -0.25) is 23.4 Å². The lowest BCUT2D eigenvalue weighted by Crippen LogP contribution is -2.34. The second-order valence-corrected chi connectivity index (χ2v) is 15.7. The number of carboxylic acid groups (broad SMARTS) is 1. The Hall–Kier alpha value is -3.90. The quantitative estimate of drug-likeness (QED) is 0.0198. The van der Waals surface area contributed by atoms with Crippen LogP contribution in [0.25, 0.3) is 0 Å². The molecule has 1 unspecified atom stereocenters. The van der Waals surface area contributed by atoms with Crippen LogP contribution in [0.15, 0.2) is 109 Å². The number of esters is 2. The molecule has 0 fully saturated rings. The summed E-state index contributed by atoms with van der Waals surface area (Å²) in [5, 5.41) is 18.7. The first-order valence-electron chi connectivity index (χ1n) is 22.0. The van der Waals surface area contributed by atoms with E-state index in [1.165, 1.54) is 19.3 Å². The Kier molecular flexibility index (Phi) is 38.8. The Balaban J connectivity index is 4.63. The number of aliphatic hydroxyl groups excluding tert-OH is 1. The van der Waals surface area contributed by atoms with Crippen molar-refractivity contribution in [3.05, 3.63) is 109 Å². The van der Waals surface area contributed by atoms with Crippen LogP contribution >= 0.6 is 7.82 Å². The lowest BCUT2D eigenvalue weighted by Gasteiger charge is -2.20. The Bertz CT molecular complexity index is 1460. The van der Waals surface area contributed by atoms with E-state index in [0.29, 0.717) is 25.7 Å². The lowest BCUT2D eigenvalue weighted by atomic mass is 10.1. The molecular weight excluding hydrogens is 797 g/mol. The van der Waals surface area contributed by atoms with Gasteiger partial charge in [0.25, 0.3) is 0 Å². The summed E-state index contributed by atoms with van der Waals surface area (Å²) in [5.41, 5.74) is 5.32. The average molecular weight is 874 g/mol. The number of aliphatic hydroxyl groups is 1. The number of phosphoric ester groups is 1. The van der Waals surface area contributed by atoms with E-state index < -0.39 is 57.7 Å². The third-order valence-corrected chi connectivity index (χ3v) is 9.53. The van der Waals surface area contributed by atoms with Gasteiger partial charge in [-0.25, -0.2) is 4.57 Å². The predicted octanol–water partition coefficient (Wildman–Crippen LogP) is 10.8. The monoisotopic (exact) mass is 874 g/mol. The zero-order valence-electron chi connectivity index (χ0n) is 36.8. The minimum atomic E-state index is -4.77. The SMILES string of the molecule is CCCCC/C=C\C/C=C\C/C=C\C/C=C\C/C=C\CCC(=O)O[C@H](COC(=O)CCC/C=C\C/C=C\C/C=C\C/C=C\[C@@H](O)CCCC)COP(=O)(O)OC[C@H](N)C(=O)O. The van der Waals surface area contributed by atoms with Gasteiger partial charge in [-0.05, 0) is 83.5 Å². The fraction of sp³-hybridized carbons (Fsp3) is 0.562. The summed E-state index contributed by atoms with van der Waals surface area (Å²) in [6.45, 7) is 2.46. The summed E-state index contributed by atoms with van der Waals surface area (Å²) >= 11 is 0. The maximum Gasteiger partial charge on any atom is 0.472 e. The lowest BCUT2D eigenvalue weighted by molar-refractivity contribution is -0.161. The third kappa shape index (κ3) is 41.2. The molecular formula is C48H76NO11P. The van der Waals surface area contributed by atoms with Crippen molar-refractivity contribution < 1.29 is 52.6 Å². The van der Waals surface area contributed by atoms with E-state index in [9.17, 15) is 28.9 Å². The van der Waals surface area contributed by atoms with Gasteiger partial charge >= 0.3 is 25.7 Å². The number of carbonyl (C=O) groups is 3. The first kappa shape index (κ1) is 57.1. The van der Waals surface area contributed by atoms with Crippen molar-refractivity contribution in [3.63, 3.8) is 0 Å². The normalized spacial score (nSPS) is 15.2. The molecule has 0 aromatic heterocycles. The van der Waals surface area contributed by atoms with E-state index in [2.05, 4.69) is 85.2 Å². The van der Waals surface area contributed by atoms with Crippen LogP contribution in [0.5, 0.6) is 0 Å². The van der Waals surface area contributed by atoms with Crippen LogP contribution in [-0.4, -0.2) is 71.1 Å². The molecule has 0 aromatic carbocycles. The van der Waals surface area contributed by atoms with Gasteiger partial charge in [0.05, 0.1) is 19.3 Å². The zero-order chi connectivity index (χ0) is 45.1. The summed E-state index contributed by atoms with van der Waals surface area (Å²) < 4.78 is 32.5. The predicted molar refractivity (Wildman–Crippen MR) is 246 cm³/mol. The van der Waals surface area contributed by atoms with Crippen molar-refractivity contribution in [3.8, 4) is 0 Å². The van der Waals surface area contributed by atoms with E-state index in [4.69, 9.17) is 24.8 Å². The number of hydrogen-bond acceptors (Lipinski definition) is 10. The number of phosphoric acid groups is 1. The van der Waals surface area contributed by atoms with Crippen molar-refractivity contribution in [1.82, 2.24) is 0 Å². The first-order valence-corrected chi connectivity index (χ1v) is 23.5. The molecule has 12 nitrogen and oxygen atoms in total. The molecule has 0 saturated carbocycles. The van der Waals surface area contributed by atoms with Gasteiger partial charge in [-0.15, -0.1) is 0 Å². The first-order chi connectivity index (χ1) is 29.5. The highest BCUT2D eigenvalue weighted by Gasteiger charge is 2.28. The summed E-state index contributed by atoms with van der Waals surface area (Å²) in [6, 6.07) is -1.55. The zero-order valence-corrected chi connectivity index (χ0v) is 37.7. The number of rotatable bonds is 39. The number of allylic oxidation sites excluding steroid dienone is 17. The molecule has 0 radical (unpaired) electrons. The molecule has 0 aliphatic rings. The molecule has 0 bridgehead atoms. The van der Waals surface area contributed by atoms with Crippen LogP contribution < -0.4 is 5.73 Å². The summed E-state index contributed by atoms with van der Waals surface area (Å²) in [6.07, 6.45) is 50.8. The highest BCUT2D eigenvalue weighted by atomic mass is 31.2. The molecule has 61 heavy (non-hydrogen) atoms. The van der Waals surface area contributed by atoms with Gasteiger partial charge in [0, 0.05) is 12.8 Å². The van der Waals surface area contributed by atoms with E-state index in [1.807, 2.05) is 42.5 Å². The number of nitrogens with two attached hydrogens (primary N) is 1. The van der Waals surface area contributed by atoms with Crippen molar-refractivity contribution in [2.75, 3.05) is 19.8 Å². The Morgan fingerprint density at radius 1 is 0.574 bits per heavy atom. The number of ether oxygens (including phenoxy) is 2. The van der Waals surface area contributed by atoms with Crippen molar-refractivity contribution in [2.24, 2.45) is 5.73 Å². The minimum Gasteiger partial charge on any atom is -0.480 e. The number of aliphatic carboxylic acids is 1. The number of carboxylic acids is 1. The van der Waals surface area contributed by atoms with Crippen LogP contribution in [-0.2, 0) is 37.5 Å². The van der Waals surface area contributed by atoms with Crippen LogP contribution in [0.2, 0.25) is 0 Å². The summed E-state index contributed by atoms with van der Waals surface area (Å²) in [4.78, 5) is 45.9. The minimum absolute atomic E-state index is 0.0111. The number of unbranched alkanes of at least 4 members (excludes halogenated alkanes) is 5. The Labute approximate surface area is 366 Å². The standard InChI is InChI=1S/C48H76NO11P/c1-3-5-7-8-9-10-11-12-13-14-15-16-17-18-23-26-29-32-35-39-47(52)60-44(41-58-61(55,56)59-42-45(49)48(53)54)40-57-46(51)38-34-31-28-25-22-20-19-21-24-27-30-33-37-43(50)36-6-4-2/h9-10,12-13,15-16,18-20,23-25,27-29,32-33,37,43-45,50H,3-8,11,14,17,21-22,26,30-31,34-36,38-42,49H2,1-2H3,(H,53,54)(H,55,56)/b10-9-,13-12-,16-15-,20-19-,23-18-,27-24-,28-25-,32-29-,37-33-/t43-,44+,45-/m0/s1. The third-order valence-electron chi connectivity index (χ3n) is 8.58. The topological polar surface area (TPSA) is 192 Å². The number of hydrogen-bond donors (Lipinski definition) is 4. The molecule has 0 aliphatic heterocycles. The Morgan fingerprint density at radius 3 is 1.54 bits per heavy atom. The molecule has 0 rings (SSSR count). The fourth-order valence-electron chi connectivity index (χ4n) is 5.06. The molecule has 0 heterocycles. The van der Waals surface area contributed by atoms with Gasteiger partial charge in [-0.2, -0.15) is 0 Å². The Morgan fingerprint density at radius 2 is 1.03 bits per heavy atom. The molecule has 4 atom stereocenters. The molecule has 0 aliphatic carbocycles. The molecule has 344 valence electrons. The van der Waals surface area contributed by atoms with Gasteiger partial charge in [0.15, 0.2) is 6.10 Å². The van der Waals surface area contributed by atoms with Crippen molar-refractivity contribution in [1.29, 1.82) is 0 Å². The molecule has 0 amide bonds.